The molecule has 0 saturated carbocycles. The van der Waals surface area contributed by atoms with Crippen molar-refractivity contribution >= 4 is 32.7 Å². The summed E-state index contributed by atoms with van der Waals surface area (Å²) in [4.78, 5) is 11.5. The van der Waals surface area contributed by atoms with E-state index in [0.717, 1.165) is 11.3 Å². The number of fused-ring (bicyclic) bond motifs is 2. The predicted octanol–water partition coefficient (Wildman–Crippen LogP) is 3.82. The van der Waals surface area contributed by atoms with Gasteiger partial charge in [0.05, 0.1) is 30.1 Å². The van der Waals surface area contributed by atoms with Gasteiger partial charge in [-0.2, -0.15) is 0 Å². The third kappa shape index (κ3) is 3.70. The first-order valence-corrected chi connectivity index (χ1v) is 11.8. The summed E-state index contributed by atoms with van der Waals surface area (Å²) in [5.74, 6) is 2.12. The number of nitrogens with zero attached hydrogens (tertiary/aromatic N) is 4. The van der Waals surface area contributed by atoms with Crippen LogP contribution in [0.3, 0.4) is 0 Å². The molecule has 0 atom stereocenters. The maximum Gasteiger partial charge on any atom is 0.267 e. The van der Waals surface area contributed by atoms with Crippen molar-refractivity contribution in [3.05, 3.63) is 78.4 Å². The monoisotopic (exact) mass is 462 g/mol. The molecule has 0 aliphatic carbocycles. The molecule has 0 bridgehead atoms. The molecule has 168 valence electrons. The van der Waals surface area contributed by atoms with Crippen LogP contribution in [-0.4, -0.2) is 39.3 Å². The van der Waals surface area contributed by atoms with E-state index in [4.69, 9.17) is 14.5 Å². The van der Waals surface area contributed by atoms with Crippen LogP contribution in [0.1, 0.15) is 5.56 Å². The lowest BCUT2D eigenvalue weighted by molar-refractivity contribution is 0.409. The Balaban J connectivity index is 1.61. The number of sulfonamides is 1. The number of hydrogen-bond acceptors (Lipinski definition) is 7. The summed E-state index contributed by atoms with van der Waals surface area (Å²) in [6.45, 7) is 0.497. The molecule has 0 amide bonds. The first kappa shape index (κ1) is 21.0. The second kappa shape index (κ2) is 8.25. The molecule has 0 radical (unpaired) electrons. The molecule has 0 unspecified atom stereocenters. The van der Waals surface area contributed by atoms with Crippen molar-refractivity contribution in [3.8, 4) is 11.5 Å². The van der Waals surface area contributed by atoms with Gasteiger partial charge in [-0.25, -0.2) is 22.7 Å². The standard InChI is InChI=1S/C24H22N4O4S/c1-31-18-11-13-19(14-12-18)33(29,30)28-16-27(15-17-7-3-6-10-22(17)32-2)23-24(28)26-21-9-5-4-8-20(21)25-23/h3-14H,15-16H2,1-2H3. The Hall–Kier alpha value is -3.85. The lowest BCUT2D eigenvalue weighted by atomic mass is 10.2. The highest BCUT2D eigenvalue weighted by molar-refractivity contribution is 7.92. The smallest absolute Gasteiger partial charge is 0.267 e. The van der Waals surface area contributed by atoms with E-state index in [0.29, 0.717) is 35.0 Å². The summed E-state index contributed by atoms with van der Waals surface area (Å²) in [5.41, 5.74) is 2.25. The summed E-state index contributed by atoms with van der Waals surface area (Å²) >= 11 is 0. The van der Waals surface area contributed by atoms with E-state index in [2.05, 4.69) is 4.98 Å². The summed E-state index contributed by atoms with van der Waals surface area (Å²) < 4.78 is 39.2. The highest BCUT2D eigenvalue weighted by Gasteiger charge is 2.38. The Morgan fingerprint density at radius 3 is 2.12 bits per heavy atom. The highest BCUT2D eigenvalue weighted by Crippen LogP contribution is 2.39. The number of benzene rings is 3. The highest BCUT2D eigenvalue weighted by atomic mass is 32.2. The van der Waals surface area contributed by atoms with Gasteiger partial charge in [0.1, 0.15) is 18.2 Å². The minimum Gasteiger partial charge on any atom is -0.497 e. The maximum atomic E-state index is 13.6. The summed E-state index contributed by atoms with van der Waals surface area (Å²) in [6.07, 6.45) is 0. The van der Waals surface area contributed by atoms with Crippen molar-refractivity contribution in [1.29, 1.82) is 0 Å². The van der Waals surface area contributed by atoms with Gasteiger partial charge < -0.3 is 14.4 Å². The van der Waals surface area contributed by atoms with E-state index >= 15 is 0 Å². The minimum absolute atomic E-state index is 0.0814. The quantitative estimate of drug-likeness (QED) is 0.431. The van der Waals surface area contributed by atoms with Crippen molar-refractivity contribution in [2.75, 3.05) is 30.1 Å². The molecule has 0 fully saturated rings. The summed E-state index contributed by atoms with van der Waals surface area (Å²) in [7, 11) is -0.730. The Morgan fingerprint density at radius 2 is 1.45 bits per heavy atom. The molecule has 4 aromatic rings. The van der Waals surface area contributed by atoms with Crippen molar-refractivity contribution in [2.24, 2.45) is 0 Å². The number of rotatable bonds is 6. The normalized spacial score (nSPS) is 13.3. The van der Waals surface area contributed by atoms with Crippen LogP contribution in [0.15, 0.2) is 77.7 Å². The SMILES string of the molecule is COc1ccc(S(=O)(=O)N2CN(Cc3ccccc3OC)c3nc4ccccc4nc32)cc1. The Bertz CT molecular complexity index is 1420. The number of methoxy groups -OCH3 is 2. The average Bonchev–Trinajstić information content (AvgIpc) is 3.21. The minimum atomic E-state index is -3.88. The topological polar surface area (TPSA) is 84.9 Å². The molecule has 33 heavy (non-hydrogen) atoms. The number of aromatic nitrogens is 2. The van der Waals surface area contributed by atoms with Crippen molar-refractivity contribution < 1.29 is 17.9 Å². The molecule has 0 saturated heterocycles. The van der Waals surface area contributed by atoms with E-state index in [1.807, 2.05) is 53.4 Å². The molecule has 1 aromatic heterocycles. The number of ether oxygens (including phenoxy) is 2. The molecule has 1 aliphatic heterocycles. The molecule has 5 rings (SSSR count). The fourth-order valence-corrected chi connectivity index (χ4v) is 5.25. The van der Waals surface area contributed by atoms with Gasteiger partial charge >= 0.3 is 0 Å². The lowest BCUT2D eigenvalue weighted by Gasteiger charge is -2.21. The molecule has 1 aliphatic rings. The van der Waals surface area contributed by atoms with Gasteiger partial charge in [-0.1, -0.05) is 30.3 Å². The van der Waals surface area contributed by atoms with Crippen LogP contribution >= 0.6 is 0 Å². The predicted molar refractivity (Wildman–Crippen MR) is 126 cm³/mol. The van der Waals surface area contributed by atoms with Crippen LogP contribution in [0.2, 0.25) is 0 Å². The fourth-order valence-electron chi connectivity index (χ4n) is 3.88. The number of hydrogen-bond donors (Lipinski definition) is 0. The number of para-hydroxylation sites is 3. The molecule has 3 aromatic carbocycles. The summed E-state index contributed by atoms with van der Waals surface area (Å²) in [6, 6.07) is 21.4. The van der Waals surface area contributed by atoms with Crippen molar-refractivity contribution in [1.82, 2.24) is 9.97 Å². The lowest BCUT2D eigenvalue weighted by Crippen LogP contribution is -2.35. The zero-order chi connectivity index (χ0) is 23.0. The Morgan fingerprint density at radius 1 is 0.818 bits per heavy atom. The number of anilines is 2. The van der Waals surface area contributed by atoms with Crippen LogP contribution in [0, 0.1) is 0 Å². The maximum absolute atomic E-state index is 13.6. The second-order valence-electron chi connectivity index (χ2n) is 7.54. The first-order chi connectivity index (χ1) is 16.0. The van der Waals surface area contributed by atoms with E-state index in [1.54, 1.807) is 19.2 Å². The molecule has 8 nitrogen and oxygen atoms in total. The third-order valence-electron chi connectivity index (χ3n) is 5.57. The van der Waals surface area contributed by atoms with Gasteiger partial charge in [0.25, 0.3) is 10.0 Å². The Labute approximate surface area is 192 Å². The van der Waals surface area contributed by atoms with E-state index < -0.39 is 10.0 Å². The van der Waals surface area contributed by atoms with Gasteiger partial charge in [-0.15, -0.1) is 0 Å². The molecular formula is C24H22N4O4S. The first-order valence-electron chi connectivity index (χ1n) is 10.3. The van der Waals surface area contributed by atoms with Crippen LogP contribution < -0.4 is 18.7 Å². The van der Waals surface area contributed by atoms with Crippen molar-refractivity contribution in [3.63, 3.8) is 0 Å². The molecular weight excluding hydrogens is 440 g/mol. The van der Waals surface area contributed by atoms with Gasteiger partial charge in [0.15, 0.2) is 11.6 Å². The van der Waals surface area contributed by atoms with Crippen LogP contribution in [-0.2, 0) is 16.6 Å². The molecule has 2 heterocycles. The van der Waals surface area contributed by atoms with Crippen LogP contribution in [0.25, 0.3) is 11.0 Å². The van der Waals surface area contributed by atoms with Gasteiger partial charge in [-0.3, -0.25) is 0 Å². The van der Waals surface area contributed by atoms with Crippen molar-refractivity contribution in [2.45, 2.75) is 11.4 Å². The van der Waals surface area contributed by atoms with Crippen LogP contribution in [0.5, 0.6) is 11.5 Å². The third-order valence-corrected chi connectivity index (χ3v) is 7.31. The van der Waals surface area contributed by atoms with E-state index in [1.165, 1.54) is 23.5 Å². The molecule has 0 N–H and O–H groups in total. The average molecular weight is 463 g/mol. The van der Waals surface area contributed by atoms with Gasteiger partial charge in [0.2, 0.25) is 0 Å². The van der Waals surface area contributed by atoms with Gasteiger partial charge in [0, 0.05) is 12.1 Å². The van der Waals surface area contributed by atoms with E-state index in [-0.39, 0.29) is 11.6 Å². The van der Waals surface area contributed by atoms with E-state index in [9.17, 15) is 8.42 Å². The molecule has 0 spiro atoms. The Kier molecular flexibility index (Phi) is 5.26. The van der Waals surface area contributed by atoms with Gasteiger partial charge in [-0.05, 0) is 42.5 Å². The summed E-state index contributed by atoms with van der Waals surface area (Å²) in [5, 5.41) is 0. The zero-order valence-corrected chi connectivity index (χ0v) is 19.0. The zero-order valence-electron chi connectivity index (χ0n) is 18.2. The largest absolute Gasteiger partial charge is 0.497 e. The second-order valence-corrected chi connectivity index (χ2v) is 9.40. The fraction of sp³-hybridized carbons (Fsp3) is 0.167. The molecule has 9 heteroatoms. The van der Waals surface area contributed by atoms with Crippen LogP contribution in [0.4, 0.5) is 11.6 Å².